The topological polar surface area (TPSA) is 61.9 Å². The third-order valence-electron chi connectivity index (χ3n) is 3.25. The highest BCUT2D eigenvalue weighted by Gasteiger charge is 2.30. The lowest BCUT2D eigenvalue weighted by Gasteiger charge is -2.37. The molecule has 1 saturated heterocycles. The average molecular weight is 208 g/mol. The number of carbonyl (C=O) groups excluding carboxylic acids is 1. The van der Waals surface area contributed by atoms with Crippen molar-refractivity contribution in [2.45, 2.75) is 32.7 Å². The number of piperidine rings is 1. The SMILES string of the molecule is CC1CCCN(C(=O)c2ncn[nH]2)C1C. The van der Waals surface area contributed by atoms with Crippen LogP contribution in [0, 0.1) is 5.92 Å². The van der Waals surface area contributed by atoms with E-state index in [0.29, 0.717) is 11.7 Å². The van der Waals surface area contributed by atoms with Gasteiger partial charge in [0.05, 0.1) is 0 Å². The number of carbonyl (C=O) groups is 1. The van der Waals surface area contributed by atoms with Gasteiger partial charge in [-0.1, -0.05) is 6.92 Å². The molecule has 2 atom stereocenters. The van der Waals surface area contributed by atoms with E-state index in [4.69, 9.17) is 0 Å². The normalized spacial score (nSPS) is 26.7. The molecular weight excluding hydrogens is 192 g/mol. The van der Waals surface area contributed by atoms with Crippen molar-refractivity contribution in [2.75, 3.05) is 6.54 Å². The highest BCUT2D eigenvalue weighted by molar-refractivity contribution is 5.90. The number of hydrogen-bond donors (Lipinski definition) is 1. The summed E-state index contributed by atoms with van der Waals surface area (Å²) in [6.07, 6.45) is 3.64. The molecule has 5 heteroatoms. The molecule has 0 aromatic carbocycles. The molecule has 0 bridgehead atoms. The second-order valence-corrected chi connectivity index (χ2v) is 4.19. The number of hydrogen-bond acceptors (Lipinski definition) is 3. The van der Waals surface area contributed by atoms with E-state index >= 15 is 0 Å². The minimum atomic E-state index is -0.0356. The summed E-state index contributed by atoms with van der Waals surface area (Å²) in [4.78, 5) is 17.8. The van der Waals surface area contributed by atoms with Crippen molar-refractivity contribution in [1.29, 1.82) is 0 Å². The predicted octanol–water partition coefficient (Wildman–Crippen LogP) is 1.07. The predicted molar refractivity (Wildman–Crippen MR) is 55.3 cm³/mol. The van der Waals surface area contributed by atoms with Gasteiger partial charge in [-0.3, -0.25) is 9.89 Å². The third kappa shape index (κ3) is 1.86. The molecule has 1 aliphatic rings. The molecule has 1 aromatic heterocycles. The van der Waals surface area contributed by atoms with Crippen LogP contribution in [0.15, 0.2) is 6.33 Å². The Kier molecular flexibility index (Phi) is 2.70. The fourth-order valence-corrected chi connectivity index (χ4v) is 2.07. The second-order valence-electron chi connectivity index (χ2n) is 4.19. The number of nitrogens with one attached hydrogen (secondary N) is 1. The van der Waals surface area contributed by atoms with E-state index in [-0.39, 0.29) is 11.9 Å². The highest BCUT2D eigenvalue weighted by Crippen LogP contribution is 2.23. The molecule has 2 unspecified atom stereocenters. The summed E-state index contributed by atoms with van der Waals surface area (Å²) < 4.78 is 0. The first-order valence-electron chi connectivity index (χ1n) is 5.36. The van der Waals surface area contributed by atoms with Crippen LogP contribution in [0.3, 0.4) is 0 Å². The van der Waals surface area contributed by atoms with Crippen LogP contribution in [0.5, 0.6) is 0 Å². The van der Waals surface area contributed by atoms with Gasteiger partial charge in [-0.05, 0) is 25.7 Å². The number of aromatic nitrogens is 3. The van der Waals surface area contributed by atoms with Crippen LogP contribution in [-0.2, 0) is 0 Å². The van der Waals surface area contributed by atoms with Crippen molar-refractivity contribution >= 4 is 5.91 Å². The summed E-state index contributed by atoms with van der Waals surface area (Å²) >= 11 is 0. The van der Waals surface area contributed by atoms with Gasteiger partial charge in [0.1, 0.15) is 6.33 Å². The Morgan fingerprint density at radius 2 is 2.40 bits per heavy atom. The van der Waals surface area contributed by atoms with Gasteiger partial charge >= 0.3 is 0 Å². The van der Waals surface area contributed by atoms with Crippen molar-refractivity contribution < 1.29 is 4.79 Å². The Labute approximate surface area is 88.9 Å². The largest absolute Gasteiger partial charge is 0.333 e. The number of likely N-dealkylation sites (tertiary alicyclic amines) is 1. The Bertz CT molecular complexity index is 335. The molecule has 5 nitrogen and oxygen atoms in total. The van der Waals surface area contributed by atoms with Gasteiger partial charge in [-0.25, -0.2) is 4.98 Å². The van der Waals surface area contributed by atoms with Crippen molar-refractivity contribution in [2.24, 2.45) is 5.92 Å². The smallest absolute Gasteiger partial charge is 0.291 e. The van der Waals surface area contributed by atoms with Crippen LogP contribution in [0.25, 0.3) is 0 Å². The maximum atomic E-state index is 12.0. The van der Waals surface area contributed by atoms with Crippen LogP contribution in [0.1, 0.15) is 37.3 Å². The monoisotopic (exact) mass is 208 g/mol. The molecular formula is C10H16N4O. The van der Waals surface area contributed by atoms with Gasteiger partial charge in [0.25, 0.3) is 5.91 Å². The molecule has 1 fully saturated rings. The summed E-state index contributed by atoms with van der Waals surface area (Å²) in [5.41, 5.74) is 0. The standard InChI is InChI=1S/C10H16N4O/c1-7-4-3-5-14(8(7)2)10(15)9-11-6-12-13-9/h6-8H,3-5H2,1-2H3,(H,11,12,13). The molecule has 0 spiro atoms. The number of amides is 1. The average Bonchev–Trinajstić information content (AvgIpc) is 2.74. The van der Waals surface area contributed by atoms with E-state index in [1.165, 1.54) is 12.7 Å². The lowest BCUT2D eigenvalue weighted by Crippen LogP contribution is -2.46. The molecule has 1 N–H and O–H groups in total. The Hall–Kier alpha value is -1.39. The molecule has 1 aliphatic heterocycles. The molecule has 0 radical (unpaired) electrons. The number of H-pyrrole nitrogens is 1. The van der Waals surface area contributed by atoms with Gasteiger partial charge in [-0.2, -0.15) is 5.10 Å². The Morgan fingerprint density at radius 3 is 3.07 bits per heavy atom. The fourth-order valence-electron chi connectivity index (χ4n) is 2.07. The minimum absolute atomic E-state index is 0.0356. The molecule has 2 rings (SSSR count). The molecule has 82 valence electrons. The lowest BCUT2D eigenvalue weighted by atomic mass is 9.92. The number of nitrogens with zero attached hydrogens (tertiary/aromatic N) is 3. The second kappa shape index (κ2) is 4.00. The van der Waals surface area contributed by atoms with Crippen molar-refractivity contribution in [3.8, 4) is 0 Å². The van der Waals surface area contributed by atoms with E-state index in [2.05, 4.69) is 29.0 Å². The fraction of sp³-hybridized carbons (Fsp3) is 0.700. The molecule has 0 saturated carbocycles. The maximum absolute atomic E-state index is 12.0. The minimum Gasteiger partial charge on any atom is -0.333 e. The highest BCUT2D eigenvalue weighted by atomic mass is 16.2. The summed E-state index contributed by atoms with van der Waals surface area (Å²) in [6.45, 7) is 5.10. The van der Waals surface area contributed by atoms with Gasteiger partial charge < -0.3 is 4.90 Å². The zero-order chi connectivity index (χ0) is 10.8. The van der Waals surface area contributed by atoms with E-state index in [9.17, 15) is 4.79 Å². The van der Waals surface area contributed by atoms with Crippen LogP contribution < -0.4 is 0 Å². The summed E-state index contributed by atoms with van der Waals surface area (Å²) in [7, 11) is 0. The van der Waals surface area contributed by atoms with Crippen molar-refractivity contribution in [1.82, 2.24) is 20.1 Å². The summed E-state index contributed by atoms with van der Waals surface area (Å²) in [5.74, 6) is 0.869. The van der Waals surface area contributed by atoms with Crippen LogP contribution >= 0.6 is 0 Å². The van der Waals surface area contributed by atoms with Gasteiger partial charge in [0.2, 0.25) is 5.82 Å². The molecule has 1 aromatic rings. The summed E-state index contributed by atoms with van der Waals surface area (Å²) in [6, 6.07) is 0.288. The Balaban J connectivity index is 2.13. The molecule has 1 amide bonds. The van der Waals surface area contributed by atoms with Gasteiger partial charge in [0, 0.05) is 12.6 Å². The first-order chi connectivity index (χ1) is 7.20. The van der Waals surface area contributed by atoms with Crippen molar-refractivity contribution in [3.63, 3.8) is 0 Å². The zero-order valence-electron chi connectivity index (χ0n) is 9.10. The maximum Gasteiger partial charge on any atom is 0.291 e. The zero-order valence-corrected chi connectivity index (χ0v) is 9.10. The van der Waals surface area contributed by atoms with Crippen molar-refractivity contribution in [3.05, 3.63) is 12.2 Å². The first-order valence-corrected chi connectivity index (χ1v) is 5.36. The first kappa shape index (κ1) is 10.1. The molecule has 2 heterocycles. The van der Waals surface area contributed by atoms with E-state index in [1.807, 2.05) is 4.90 Å². The van der Waals surface area contributed by atoms with Crippen LogP contribution in [0.4, 0.5) is 0 Å². The summed E-state index contributed by atoms with van der Waals surface area (Å²) in [5, 5.41) is 6.32. The number of rotatable bonds is 1. The van der Waals surface area contributed by atoms with E-state index in [1.54, 1.807) is 0 Å². The quantitative estimate of drug-likeness (QED) is 0.750. The van der Waals surface area contributed by atoms with E-state index in [0.717, 1.165) is 13.0 Å². The van der Waals surface area contributed by atoms with E-state index < -0.39 is 0 Å². The lowest BCUT2D eigenvalue weighted by molar-refractivity contribution is 0.0539. The molecule has 15 heavy (non-hydrogen) atoms. The Morgan fingerprint density at radius 1 is 1.60 bits per heavy atom. The van der Waals surface area contributed by atoms with Crippen LogP contribution in [0.2, 0.25) is 0 Å². The van der Waals surface area contributed by atoms with Gasteiger partial charge in [-0.15, -0.1) is 0 Å². The van der Waals surface area contributed by atoms with Gasteiger partial charge in [0.15, 0.2) is 0 Å². The number of aromatic amines is 1. The molecule has 0 aliphatic carbocycles. The van der Waals surface area contributed by atoms with Crippen LogP contribution in [-0.4, -0.2) is 38.6 Å². The third-order valence-corrected chi connectivity index (χ3v) is 3.25.